The Morgan fingerprint density at radius 2 is 1.37 bits per heavy atom. The summed E-state index contributed by atoms with van der Waals surface area (Å²) in [5.41, 5.74) is 4.51. The van der Waals surface area contributed by atoms with E-state index in [4.69, 9.17) is 4.74 Å². The molecule has 3 heteroatoms. The topological polar surface area (TPSA) is 49.7 Å². The lowest BCUT2D eigenvalue weighted by Crippen LogP contribution is -2.32. The normalized spacial score (nSPS) is 15.3. The molecule has 0 aromatic heterocycles. The molecule has 1 aliphatic carbocycles. The molecule has 3 nitrogen and oxygen atoms in total. The predicted molar refractivity (Wildman–Crippen MR) is 110 cm³/mol. The molecule has 0 aliphatic heterocycles. The van der Waals surface area contributed by atoms with Crippen molar-refractivity contribution < 1.29 is 14.9 Å². The van der Waals surface area contributed by atoms with E-state index < -0.39 is 5.60 Å². The van der Waals surface area contributed by atoms with Crippen LogP contribution in [0.5, 0.6) is 11.5 Å². The van der Waals surface area contributed by atoms with Crippen molar-refractivity contribution in [3.8, 4) is 11.5 Å². The molecule has 0 unspecified atom stereocenters. The third-order valence-electron chi connectivity index (χ3n) is 5.13. The lowest BCUT2D eigenvalue weighted by atomic mass is 9.89. The Morgan fingerprint density at radius 3 is 1.89 bits per heavy atom. The van der Waals surface area contributed by atoms with Gasteiger partial charge in [0.05, 0.1) is 6.61 Å². The van der Waals surface area contributed by atoms with Crippen LogP contribution in [-0.2, 0) is 0 Å². The molecule has 0 bridgehead atoms. The molecule has 0 heterocycles. The molecule has 1 aliphatic rings. The maximum atomic E-state index is 9.68. The van der Waals surface area contributed by atoms with E-state index in [0.717, 1.165) is 24.2 Å². The third-order valence-corrected chi connectivity index (χ3v) is 5.13. The predicted octanol–water partition coefficient (Wildman–Crippen LogP) is 5.70. The van der Waals surface area contributed by atoms with E-state index in [1.807, 2.05) is 38.1 Å². The molecule has 0 spiro atoms. The first-order chi connectivity index (χ1) is 13.0. The van der Waals surface area contributed by atoms with E-state index in [9.17, 15) is 10.2 Å². The molecule has 2 aromatic carbocycles. The molecule has 144 valence electrons. The van der Waals surface area contributed by atoms with E-state index in [1.54, 1.807) is 12.1 Å². The average molecular weight is 367 g/mol. The minimum atomic E-state index is -0.596. The highest BCUT2D eigenvalue weighted by Crippen LogP contribution is 2.35. The summed E-state index contributed by atoms with van der Waals surface area (Å²) in [5, 5.41) is 19.1. The second-order valence-corrected chi connectivity index (χ2v) is 7.98. The number of benzene rings is 2. The Hall–Kier alpha value is -2.26. The second-order valence-electron chi connectivity index (χ2n) is 7.98. The van der Waals surface area contributed by atoms with Gasteiger partial charge in [0, 0.05) is 0 Å². The summed E-state index contributed by atoms with van der Waals surface area (Å²) in [6, 6.07) is 15.7. The van der Waals surface area contributed by atoms with Gasteiger partial charge in [0.15, 0.2) is 0 Å². The fourth-order valence-corrected chi connectivity index (χ4v) is 3.65. The first-order valence-electron chi connectivity index (χ1n) is 9.90. The molecule has 1 saturated carbocycles. The van der Waals surface area contributed by atoms with Crippen LogP contribution in [0.2, 0.25) is 0 Å². The van der Waals surface area contributed by atoms with Crippen molar-refractivity contribution in [1.82, 2.24) is 0 Å². The highest BCUT2D eigenvalue weighted by atomic mass is 16.5. The van der Waals surface area contributed by atoms with E-state index >= 15 is 0 Å². The highest BCUT2D eigenvalue weighted by Gasteiger charge is 2.19. The molecule has 3 rings (SSSR count). The van der Waals surface area contributed by atoms with E-state index in [0.29, 0.717) is 5.75 Å². The van der Waals surface area contributed by atoms with Gasteiger partial charge in [-0.25, -0.2) is 0 Å². The van der Waals surface area contributed by atoms with Crippen molar-refractivity contribution in [3.63, 3.8) is 0 Å². The van der Waals surface area contributed by atoms with Crippen LogP contribution in [0, 0.1) is 0 Å². The number of hydrogen-bond acceptors (Lipinski definition) is 3. The SMILES string of the molecule is CC(C)(CO)Oc1ccc(C(=C2CCCCCC2)c2ccc(O)cc2)cc1. The molecule has 0 saturated heterocycles. The lowest BCUT2D eigenvalue weighted by molar-refractivity contribution is 0.0412. The number of ether oxygens (including phenoxy) is 1. The minimum Gasteiger partial charge on any atom is -0.508 e. The summed E-state index contributed by atoms with van der Waals surface area (Å²) in [7, 11) is 0. The second kappa shape index (κ2) is 8.62. The van der Waals surface area contributed by atoms with Gasteiger partial charge in [-0.05, 0) is 80.5 Å². The number of allylic oxidation sites excluding steroid dienone is 1. The molecular weight excluding hydrogens is 336 g/mol. The van der Waals surface area contributed by atoms with Crippen molar-refractivity contribution in [3.05, 3.63) is 65.2 Å². The monoisotopic (exact) mass is 366 g/mol. The van der Waals surface area contributed by atoms with Crippen molar-refractivity contribution in [2.24, 2.45) is 0 Å². The number of rotatable bonds is 5. The summed E-state index contributed by atoms with van der Waals surface area (Å²) >= 11 is 0. The number of hydrogen-bond donors (Lipinski definition) is 2. The number of phenols is 1. The maximum absolute atomic E-state index is 9.68. The number of aliphatic hydroxyl groups is 1. The van der Waals surface area contributed by atoms with Gasteiger partial charge in [0.25, 0.3) is 0 Å². The zero-order valence-corrected chi connectivity index (χ0v) is 16.4. The van der Waals surface area contributed by atoms with Gasteiger partial charge in [-0.2, -0.15) is 0 Å². The zero-order chi connectivity index (χ0) is 19.3. The number of aromatic hydroxyl groups is 1. The number of aliphatic hydroxyl groups excluding tert-OH is 1. The smallest absolute Gasteiger partial charge is 0.126 e. The van der Waals surface area contributed by atoms with Gasteiger partial charge in [-0.1, -0.05) is 42.7 Å². The lowest BCUT2D eigenvalue weighted by Gasteiger charge is -2.24. The number of phenolic OH excluding ortho intramolecular Hbond substituents is 1. The Bertz CT molecular complexity index is 760. The summed E-state index contributed by atoms with van der Waals surface area (Å²) < 4.78 is 5.87. The van der Waals surface area contributed by atoms with Crippen molar-refractivity contribution in [1.29, 1.82) is 0 Å². The van der Waals surface area contributed by atoms with Crippen molar-refractivity contribution in [2.75, 3.05) is 6.61 Å². The molecule has 2 aromatic rings. The highest BCUT2D eigenvalue weighted by molar-refractivity contribution is 5.82. The van der Waals surface area contributed by atoms with Crippen LogP contribution in [0.3, 0.4) is 0 Å². The van der Waals surface area contributed by atoms with Crippen LogP contribution < -0.4 is 4.74 Å². The quantitative estimate of drug-likeness (QED) is 0.668. The first kappa shape index (κ1) is 19.5. The van der Waals surface area contributed by atoms with Crippen LogP contribution >= 0.6 is 0 Å². The van der Waals surface area contributed by atoms with Crippen molar-refractivity contribution >= 4 is 5.57 Å². The minimum absolute atomic E-state index is 0.0302. The summed E-state index contributed by atoms with van der Waals surface area (Å²) in [5.74, 6) is 1.05. The van der Waals surface area contributed by atoms with E-state index in [2.05, 4.69) is 12.1 Å². The van der Waals surface area contributed by atoms with Gasteiger partial charge in [-0.15, -0.1) is 0 Å². The van der Waals surface area contributed by atoms with Gasteiger partial charge in [0.2, 0.25) is 0 Å². The van der Waals surface area contributed by atoms with E-state index in [-0.39, 0.29) is 6.61 Å². The molecule has 1 fully saturated rings. The average Bonchev–Trinajstić information content (AvgIpc) is 2.94. The standard InChI is InChI=1S/C24H30O3/c1-24(2,17-25)27-22-15-11-20(12-16-22)23(18-7-5-3-4-6-8-18)19-9-13-21(26)14-10-19/h9-16,25-26H,3-8,17H2,1-2H3. The zero-order valence-electron chi connectivity index (χ0n) is 16.4. The van der Waals surface area contributed by atoms with E-state index in [1.165, 1.54) is 42.4 Å². The fraction of sp³-hybridized carbons (Fsp3) is 0.417. The fourth-order valence-electron chi connectivity index (χ4n) is 3.65. The van der Waals surface area contributed by atoms with Gasteiger partial charge < -0.3 is 14.9 Å². The third kappa shape index (κ3) is 5.14. The van der Waals surface area contributed by atoms with Crippen LogP contribution in [0.1, 0.15) is 63.5 Å². The maximum Gasteiger partial charge on any atom is 0.126 e. The van der Waals surface area contributed by atoms with Gasteiger partial charge in [-0.3, -0.25) is 0 Å². The van der Waals surface area contributed by atoms with Crippen LogP contribution in [0.15, 0.2) is 54.1 Å². The molecule has 0 atom stereocenters. The van der Waals surface area contributed by atoms with Crippen LogP contribution in [0.4, 0.5) is 0 Å². The summed E-state index contributed by atoms with van der Waals surface area (Å²) in [6.45, 7) is 3.71. The Kier molecular flexibility index (Phi) is 6.22. The molecule has 27 heavy (non-hydrogen) atoms. The summed E-state index contributed by atoms with van der Waals surface area (Å²) in [4.78, 5) is 0. The Balaban J connectivity index is 1.98. The Morgan fingerprint density at radius 1 is 0.852 bits per heavy atom. The van der Waals surface area contributed by atoms with Crippen LogP contribution in [0.25, 0.3) is 5.57 Å². The van der Waals surface area contributed by atoms with Gasteiger partial charge in [0.1, 0.15) is 17.1 Å². The first-order valence-corrected chi connectivity index (χ1v) is 9.90. The molecule has 2 N–H and O–H groups in total. The Labute approximate surface area is 162 Å². The molecular formula is C24H30O3. The van der Waals surface area contributed by atoms with Crippen LogP contribution in [-0.4, -0.2) is 22.4 Å². The largest absolute Gasteiger partial charge is 0.508 e. The summed E-state index contributed by atoms with van der Waals surface area (Å²) in [6.07, 6.45) is 7.34. The molecule has 0 amide bonds. The molecule has 0 radical (unpaired) electrons. The van der Waals surface area contributed by atoms with Crippen molar-refractivity contribution in [2.45, 2.75) is 58.0 Å². The van der Waals surface area contributed by atoms with Gasteiger partial charge >= 0.3 is 0 Å².